The lowest BCUT2D eigenvalue weighted by Crippen LogP contribution is -2.12. The van der Waals surface area contributed by atoms with Gasteiger partial charge in [-0.3, -0.25) is 4.57 Å². The Kier molecular flexibility index (Phi) is 3.01. The zero-order valence-electron chi connectivity index (χ0n) is 8.43. The van der Waals surface area contributed by atoms with Crippen LogP contribution in [0.5, 0.6) is 0 Å². The summed E-state index contributed by atoms with van der Waals surface area (Å²) in [6.45, 7) is 0. The van der Waals surface area contributed by atoms with Crippen LogP contribution >= 0.6 is 7.60 Å². The van der Waals surface area contributed by atoms with Gasteiger partial charge in [0.2, 0.25) is 0 Å². The van der Waals surface area contributed by atoms with Gasteiger partial charge in [0.25, 0.3) is 0 Å². The van der Waals surface area contributed by atoms with Crippen LogP contribution in [0, 0.1) is 17.8 Å². The first-order chi connectivity index (χ1) is 6.54. The van der Waals surface area contributed by atoms with Crippen molar-refractivity contribution < 1.29 is 14.4 Å². The molecular weight excluding hydrogens is 199 g/mol. The molecule has 0 aromatic heterocycles. The van der Waals surface area contributed by atoms with Crippen LogP contribution < -0.4 is 0 Å². The van der Waals surface area contributed by atoms with Gasteiger partial charge in [-0.25, -0.2) is 0 Å². The van der Waals surface area contributed by atoms with E-state index >= 15 is 0 Å². The van der Waals surface area contributed by atoms with Gasteiger partial charge < -0.3 is 9.79 Å². The molecule has 0 amide bonds. The van der Waals surface area contributed by atoms with Crippen molar-refractivity contribution in [1.29, 1.82) is 0 Å². The molecule has 2 unspecified atom stereocenters. The third-order valence-electron chi connectivity index (χ3n) is 3.83. The zero-order valence-corrected chi connectivity index (χ0v) is 9.33. The van der Waals surface area contributed by atoms with E-state index in [4.69, 9.17) is 9.79 Å². The first-order valence-electron chi connectivity index (χ1n) is 5.59. The number of hydrogen-bond acceptors (Lipinski definition) is 1. The van der Waals surface area contributed by atoms with Crippen molar-refractivity contribution in [3.05, 3.63) is 0 Å². The molecule has 2 aliphatic carbocycles. The summed E-state index contributed by atoms with van der Waals surface area (Å²) in [5.41, 5.74) is 0. The molecule has 2 atom stereocenters. The molecule has 0 radical (unpaired) electrons. The van der Waals surface area contributed by atoms with Gasteiger partial charge in [-0.05, 0) is 30.6 Å². The van der Waals surface area contributed by atoms with E-state index in [-0.39, 0.29) is 6.16 Å². The van der Waals surface area contributed by atoms with Crippen LogP contribution in [-0.2, 0) is 4.57 Å². The Balaban J connectivity index is 1.90. The molecule has 3 nitrogen and oxygen atoms in total. The second-order valence-corrected chi connectivity index (χ2v) is 6.68. The van der Waals surface area contributed by atoms with Crippen molar-refractivity contribution in [2.75, 3.05) is 6.16 Å². The first-order valence-corrected chi connectivity index (χ1v) is 7.39. The molecule has 2 aliphatic rings. The fourth-order valence-electron chi connectivity index (χ4n) is 3.34. The molecule has 0 aromatic carbocycles. The fraction of sp³-hybridized carbons (Fsp3) is 1.00. The molecule has 0 heterocycles. The molecule has 2 N–H and O–H groups in total. The van der Waals surface area contributed by atoms with E-state index in [2.05, 4.69) is 0 Å². The Bertz CT molecular complexity index is 234. The first kappa shape index (κ1) is 10.7. The van der Waals surface area contributed by atoms with Crippen LogP contribution in [0.3, 0.4) is 0 Å². The van der Waals surface area contributed by atoms with Gasteiger partial charge in [-0.2, -0.15) is 0 Å². The molecule has 2 saturated carbocycles. The average molecular weight is 218 g/mol. The van der Waals surface area contributed by atoms with E-state index in [0.29, 0.717) is 5.92 Å². The minimum absolute atomic E-state index is 0.125. The van der Waals surface area contributed by atoms with Gasteiger partial charge in [-0.1, -0.05) is 25.7 Å². The van der Waals surface area contributed by atoms with E-state index in [1.807, 2.05) is 0 Å². The van der Waals surface area contributed by atoms with Crippen molar-refractivity contribution >= 4 is 7.60 Å². The van der Waals surface area contributed by atoms with E-state index in [9.17, 15) is 4.57 Å². The molecule has 14 heavy (non-hydrogen) atoms. The molecule has 0 bridgehead atoms. The lowest BCUT2D eigenvalue weighted by molar-refractivity contribution is 0.277. The predicted octanol–water partition coefficient (Wildman–Crippen LogP) is 2.38. The van der Waals surface area contributed by atoms with Crippen LogP contribution in [0.25, 0.3) is 0 Å². The normalized spacial score (nSPS) is 38.3. The van der Waals surface area contributed by atoms with Crippen LogP contribution in [0.15, 0.2) is 0 Å². The maximum absolute atomic E-state index is 10.9. The lowest BCUT2D eigenvalue weighted by atomic mass is 9.82. The molecule has 2 fully saturated rings. The Labute approximate surface area is 85.1 Å². The van der Waals surface area contributed by atoms with Crippen molar-refractivity contribution in [1.82, 2.24) is 0 Å². The van der Waals surface area contributed by atoms with Gasteiger partial charge in [0.1, 0.15) is 0 Å². The van der Waals surface area contributed by atoms with Crippen molar-refractivity contribution in [2.45, 2.75) is 38.5 Å². The molecule has 0 spiro atoms. The van der Waals surface area contributed by atoms with Crippen LogP contribution in [0.2, 0.25) is 0 Å². The summed E-state index contributed by atoms with van der Waals surface area (Å²) in [6, 6.07) is 0. The van der Waals surface area contributed by atoms with Gasteiger partial charge in [0.15, 0.2) is 0 Å². The zero-order chi connectivity index (χ0) is 10.2. The number of hydrogen-bond donors (Lipinski definition) is 2. The van der Waals surface area contributed by atoms with Gasteiger partial charge >= 0.3 is 7.60 Å². The van der Waals surface area contributed by atoms with Gasteiger partial charge in [0, 0.05) is 0 Å². The standard InChI is InChI=1S/C10H19O3P/c11-14(12,13)7-8-5-9-3-1-2-4-10(9)6-8/h8-10H,1-7H2,(H2,11,12,13). The van der Waals surface area contributed by atoms with Crippen molar-refractivity contribution in [3.8, 4) is 0 Å². The monoisotopic (exact) mass is 218 g/mol. The van der Waals surface area contributed by atoms with Crippen LogP contribution in [-0.4, -0.2) is 15.9 Å². The van der Waals surface area contributed by atoms with Crippen LogP contribution in [0.1, 0.15) is 38.5 Å². The summed E-state index contributed by atoms with van der Waals surface area (Å²) >= 11 is 0. The summed E-state index contributed by atoms with van der Waals surface area (Å²) in [6.07, 6.45) is 7.49. The molecule has 0 saturated heterocycles. The van der Waals surface area contributed by atoms with Gasteiger partial charge in [0.05, 0.1) is 6.16 Å². The summed E-state index contributed by atoms with van der Waals surface area (Å²) in [7, 11) is -3.77. The minimum Gasteiger partial charge on any atom is -0.324 e. The molecule has 0 aromatic rings. The van der Waals surface area contributed by atoms with Crippen molar-refractivity contribution in [2.24, 2.45) is 17.8 Å². The van der Waals surface area contributed by atoms with Crippen LogP contribution in [0.4, 0.5) is 0 Å². The predicted molar refractivity (Wildman–Crippen MR) is 55.1 cm³/mol. The lowest BCUT2D eigenvalue weighted by Gasteiger charge is -2.24. The highest BCUT2D eigenvalue weighted by Gasteiger charge is 2.37. The van der Waals surface area contributed by atoms with Gasteiger partial charge in [-0.15, -0.1) is 0 Å². The third kappa shape index (κ3) is 2.59. The Morgan fingerprint density at radius 2 is 1.57 bits per heavy atom. The third-order valence-corrected chi connectivity index (χ3v) is 4.83. The summed E-state index contributed by atoms with van der Waals surface area (Å²) in [5.74, 6) is 1.85. The van der Waals surface area contributed by atoms with E-state index in [1.54, 1.807) is 0 Å². The minimum atomic E-state index is -3.77. The topological polar surface area (TPSA) is 57.5 Å². The fourth-order valence-corrected chi connectivity index (χ4v) is 4.31. The highest BCUT2D eigenvalue weighted by Crippen LogP contribution is 2.49. The average Bonchev–Trinajstić information content (AvgIpc) is 2.42. The summed E-state index contributed by atoms with van der Waals surface area (Å²) in [4.78, 5) is 17.8. The SMILES string of the molecule is O=P(O)(O)CC1CC2CCCCC2C1. The molecular formula is C10H19O3P. The molecule has 82 valence electrons. The largest absolute Gasteiger partial charge is 0.325 e. The molecule has 4 heteroatoms. The maximum Gasteiger partial charge on any atom is 0.325 e. The maximum atomic E-state index is 10.9. The van der Waals surface area contributed by atoms with E-state index in [0.717, 1.165) is 24.7 Å². The Hall–Kier alpha value is 0.150. The van der Waals surface area contributed by atoms with Crippen molar-refractivity contribution in [3.63, 3.8) is 0 Å². The second kappa shape index (κ2) is 3.96. The number of rotatable bonds is 2. The summed E-state index contributed by atoms with van der Waals surface area (Å²) < 4.78 is 10.9. The highest BCUT2D eigenvalue weighted by molar-refractivity contribution is 7.51. The number of fused-ring (bicyclic) bond motifs is 1. The second-order valence-electron chi connectivity index (χ2n) is 4.99. The Morgan fingerprint density at radius 1 is 1.07 bits per heavy atom. The highest BCUT2D eigenvalue weighted by atomic mass is 31.2. The summed E-state index contributed by atoms with van der Waals surface area (Å²) in [5, 5.41) is 0. The van der Waals surface area contributed by atoms with E-state index < -0.39 is 7.60 Å². The smallest absolute Gasteiger partial charge is 0.324 e. The Morgan fingerprint density at radius 3 is 2.00 bits per heavy atom. The van der Waals surface area contributed by atoms with E-state index in [1.165, 1.54) is 25.7 Å². The quantitative estimate of drug-likeness (QED) is 0.699. The molecule has 2 rings (SSSR count). The molecule has 0 aliphatic heterocycles.